The molecule has 0 saturated heterocycles. The second-order valence-electron chi connectivity index (χ2n) is 5.27. The van der Waals surface area contributed by atoms with Crippen molar-refractivity contribution in [2.24, 2.45) is 11.8 Å². The number of methoxy groups -OCH3 is 1. The summed E-state index contributed by atoms with van der Waals surface area (Å²) in [5.41, 5.74) is 0. The van der Waals surface area contributed by atoms with E-state index in [4.69, 9.17) is 4.74 Å². The van der Waals surface area contributed by atoms with Crippen LogP contribution >= 0.6 is 0 Å². The molecule has 4 nitrogen and oxygen atoms in total. The van der Waals surface area contributed by atoms with Crippen LogP contribution in [0.2, 0.25) is 0 Å². The highest BCUT2D eigenvalue weighted by Gasteiger charge is 2.39. The van der Waals surface area contributed by atoms with Crippen LogP contribution in [0.3, 0.4) is 0 Å². The first kappa shape index (κ1) is 10.8. The van der Waals surface area contributed by atoms with Gasteiger partial charge in [-0.15, -0.1) is 0 Å². The average molecular weight is 233 g/mol. The number of aryl methyl sites for hydroxylation is 1. The molecule has 0 amide bonds. The molecule has 1 aromatic rings. The number of fused-ring (bicyclic) bond motifs is 2. The van der Waals surface area contributed by atoms with Crippen molar-refractivity contribution in [1.82, 2.24) is 9.97 Å². The van der Waals surface area contributed by atoms with E-state index in [-0.39, 0.29) is 0 Å². The first-order valence-electron chi connectivity index (χ1n) is 6.41. The van der Waals surface area contributed by atoms with E-state index in [2.05, 4.69) is 15.3 Å². The summed E-state index contributed by atoms with van der Waals surface area (Å²) in [4.78, 5) is 8.63. The number of nitrogens with one attached hydrogen (secondary N) is 1. The minimum absolute atomic E-state index is 0.604. The van der Waals surface area contributed by atoms with Gasteiger partial charge in [0.05, 0.1) is 7.11 Å². The molecule has 1 heterocycles. The van der Waals surface area contributed by atoms with Crippen LogP contribution < -0.4 is 10.1 Å². The van der Waals surface area contributed by atoms with Gasteiger partial charge in [-0.25, -0.2) is 4.98 Å². The Morgan fingerprint density at radius 1 is 1.29 bits per heavy atom. The van der Waals surface area contributed by atoms with Crippen molar-refractivity contribution in [1.29, 1.82) is 0 Å². The van der Waals surface area contributed by atoms with Gasteiger partial charge in [0.25, 0.3) is 0 Å². The van der Waals surface area contributed by atoms with Gasteiger partial charge < -0.3 is 10.1 Å². The topological polar surface area (TPSA) is 47.0 Å². The maximum atomic E-state index is 5.17. The molecule has 0 aromatic carbocycles. The van der Waals surface area contributed by atoms with E-state index in [1.54, 1.807) is 7.11 Å². The SMILES string of the molecule is COc1cc(NC2CC3CCC2C3)nc(C)n1. The van der Waals surface area contributed by atoms with Crippen LogP contribution in [0.4, 0.5) is 5.82 Å². The van der Waals surface area contributed by atoms with Gasteiger partial charge in [-0.05, 0) is 38.0 Å². The summed E-state index contributed by atoms with van der Waals surface area (Å²) in [6, 6.07) is 2.49. The van der Waals surface area contributed by atoms with Gasteiger partial charge >= 0.3 is 0 Å². The molecular weight excluding hydrogens is 214 g/mol. The Labute approximate surface area is 102 Å². The standard InChI is InChI=1S/C13H19N3O/c1-8-14-12(7-13(15-8)17-2)16-11-6-9-3-4-10(11)5-9/h7,9-11H,3-6H2,1-2H3,(H,14,15,16). The molecule has 0 aliphatic heterocycles. The summed E-state index contributed by atoms with van der Waals surface area (Å²) < 4.78 is 5.17. The molecule has 3 atom stereocenters. The van der Waals surface area contributed by atoms with Crippen LogP contribution in [0, 0.1) is 18.8 Å². The third-order valence-corrected chi connectivity index (χ3v) is 4.09. The number of aromatic nitrogens is 2. The first-order chi connectivity index (χ1) is 8.24. The van der Waals surface area contributed by atoms with Crippen molar-refractivity contribution in [2.45, 2.75) is 38.6 Å². The quantitative estimate of drug-likeness (QED) is 0.870. The maximum absolute atomic E-state index is 5.17. The summed E-state index contributed by atoms with van der Waals surface area (Å²) in [6.07, 6.45) is 5.51. The first-order valence-corrected chi connectivity index (χ1v) is 6.41. The Balaban J connectivity index is 1.74. The normalized spacial score (nSPS) is 30.6. The second-order valence-corrected chi connectivity index (χ2v) is 5.27. The lowest BCUT2D eigenvalue weighted by Gasteiger charge is -2.23. The maximum Gasteiger partial charge on any atom is 0.218 e. The van der Waals surface area contributed by atoms with Gasteiger partial charge in [0.2, 0.25) is 5.88 Å². The van der Waals surface area contributed by atoms with Gasteiger partial charge in [0.1, 0.15) is 11.6 Å². The lowest BCUT2D eigenvalue weighted by molar-refractivity contribution is 0.395. The highest BCUT2D eigenvalue weighted by atomic mass is 16.5. The van der Waals surface area contributed by atoms with E-state index in [0.29, 0.717) is 11.9 Å². The smallest absolute Gasteiger partial charge is 0.218 e. The largest absolute Gasteiger partial charge is 0.481 e. The van der Waals surface area contributed by atoms with Crippen LogP contribution in [-0.4, -0.2) is 23.1 Å². The third kappa shape index (κ3) is 2.08. The summed E-state index contributed by atoms with van der Waals surface area (Å²) >= 11 is 0. The highest BCUT2D eigenvalue weighted by Crippen LogP contribution is 2.45. The van der Waals surface area contributed by atoms with Gasteiger partial charge in [-0.3, -0.25) is 0 Å². The molecule has 1 aromatic heterocycles. The second kappa shape index (κ2) is 4.17. The van der Waals surface area contributed by atoms with Crippen molar-refractivity contribution in [3.05, 3.63) is 11.9 Å². The molecule has 2 bridgehead atoms. The summed E-state index contributed by atoms with van der Waals surface area (Å²) in [5, 5.41) is 3.56. The molecule has 17 heavy (non-hydrogen) atoms. The summed E-state index contributed by atoms with van der Waals surface area (Å²) in [7, 11) is 1.64. The van der Waals surface area contributed by atoms with Crippen LogP contribution in [0.5, 0.6) is 5.88 Å². The zero-order valence-electron chi connectivity index (χ0n) is 10.4. The Morgan fingerprint density at radius 3 is 2.82 bits per heavy atom. The van der Waals surface area contributed by atoms with Crippen LogP contribution in [0.25, 0.3) is 0 Å². The van der Waals surface area contributed by atoms with Gasteiger partial charge in [-0.1, -0.05) is 6.42 Å². The molecule has 4 heteroatoms. The summed E-state index contributed by atoms with van der Waals surface area (Å²) in [5.74, 6) is 4.11. The monoisotopic (exact) mass is 233 g/mol. The Hall–Kier alpha value is -1.32. The number of rotatable bonds is 3. The predicted molar refractivity (Wildman–Crippen MR) is 66.2 cm³/mol. The van der Waals surface area contributed by atoms with Crippen LogP contribution in [0.1, 0.15) is 31.5 Å². The predicted octanol–water partition coefficient (Wildman–Crippen LogP) is 2.39. The molecule has 2 saturated carbocycles. The summed E-state index contributed by atoms with van der Waals surface area (Å²) in [6.45, 7) is 1.90. The zero-order chi connectivity index (χ0) is 11.8. The van der Waals surface area contributed by atoms with E-state index >= 15 is 0 Å². The number of nitrogens with zero attached hydrogens (tertiary/aromatic N) is 2. The molecule has 2 aliphatic carbocycles. The number of hydrogen-bond donors (Lipinski definition) is 1. The molecule has 3 rings (SSSR count). The number of hydrogen-bond acceptors (Lipinski definition) is 4. The fourth-order valence-electron chi connectivity index (χ4n) is 3.33. The lowest BCUT2D eigenvalue weighted by Crippen LogP contribution is -2.26. The van der Waals surface area contributed by atoms with Crippen molar-refractivity contribution in [3.8, 4) is 5.88 Å². The molecule has 3 unspecified atom stereocenters. The molecule has 0 radical (unpaired) electrons. The van der Waals surface area contributed by atoms with Gasteiger partial charge in [0.15, 0.2) is 0 Å². The molecule has 92 valence electrons. The van der Waals surface area contributed by atoms with E-state index in [0.717, 1.165) is 23.5 Å². The Morgan fingerprint density at radius 2 is 2.18 bits per heavy atom. The molecule has 1 N–H and O–H groups in total. The molecule has 2 aliphatic rings. The number of anilines is 1. The fourth-order valence-corrected chi connectivity index (χ4v) is 3.33. The van der Waals surface area contributed by atoms with Gasteiger partial charge in [-0.2, -0.15) is 4.98 Å². The lowest BCUT2D eigenvalue weighted by atomic mass is 9.95. The van der Waals surface area contributed by atoms with Crippen molar-refractivity contribution < 1.29 is 4.74 Å². The highest BCUT2D eigenvalue weighted by molar-refractivity contribution is 5.40. The Bertz CT molecular complexity index is 421. The van der Waals surface area contributed by atoms with Crippen LogP contribution in [0.15, 0.2) is 6.07 Å². The van der Waals surface area contributed by atoms with Gasteiger partial charge in [0, 0.05) is 12.1 Å². The number of ether oxygens (including phenoxy) is 1. The van der Waals surface area contributed by atoms with E-state index in [1.165, 1.54) is 25.7 Å². The molecule has 2 fully saturated rings. The van der Waals surface area contributed by atoms with Crippen LogP contribution in [-0.2, 0) is 0 Å². The van der Waals surface area contributed by atoms with E-state index in [1.807, 2.05) is 13.0 Å². The zero-order valence-corrected chi connectivity index (χ0v) is 10.4. The minimum atomic E-state index is 0.604. The Kier molecular flexibility index (Phi) is 2.65. The van der Waals surface area contributed by atoms with E-state index in [9.17, 15) is 0 Å². The van der Waals surface area contributed by atoms with Crippen molar-refractivity contribution in [3.63, 3.8) is 0 Å². The average Bonchev–Trinajstić information content (AvgIpc) is 2.90. The molecule has 0 spiro atoms. The van der Waals surface area contributed by atoms with E-state index < -0.39 is 0 Å². The molecular formula is C13H19N3O. The fraction of sp³-hybridized carbons (Fsp3) is 0.692. The minimum Gasteiger partial charge on any atom is -0.481 e. The third-order valence-electron chi connectivity index (χ3n) is 4.09. The van der Waals surface area contributed by atoms with Crippen molar-refractivity contribution in [2.75, 3.05) is 12.4 Å². The van der Waals surface area contributed by atoms with Crippen molar-refractivity contribution >= 4 is 5.82 Å².